The summed E-state index contributed by atoms with van der Waals surface area (Å²) in [6, 6.07) is 17.5. The summed E-state index contributed by atoms with van der Waals surface area (Å²) in [5.41, 5.74) is 8.01. The second kappa shape index (κ2) is 7.58. The Hall–Kier alpha value is -1.16. The molecule has 0 aromatic heterocycles. The molecule has 2 aromatic rings. The molecular weight excluding hydrogens is 290 g/mol. The van der Waals surface area contributed by atoms with Crippen LogP contribution in [0.3, 0.4) is 0 Å². The maximum absolute atomic E-state index is 12.3. The molecule has 2 aromatic carbocycles. The molecule has 0 amide bonds. The van der Waals surface area contributed by atoms with Gasteiger partial charge in [0.1, 0.15) is 0 Å². The zero-order valence-electron chi connectivity index (χ0n) is 11.2. The molecule has 0 saturated heterocycles. The second-order valence-electron chi connectivity index (χ2n) is 4.72. The molecule has 2 nitrogen and oxygen atoms in total. The van der Waals surface area contributed by atoms with Gasteiger partial charge in [0.25, 0.3) is 0 Å². The maximum atomic E-state index is 12.3. The van der Waals surface area contributed by atoms with E-state index in [1.54, 1.807) is 0 Å². The van der Waals surface area contributed by atoms with Crippen LogP contribution in [0.1, 0.15) is 17.0 Å². The molecule has 2 unspecified atom stereocenters. The quantitative estimate of drug-likeness (QED) is 0.889. The predicted molar refractivity (Wildman–Crippen MR) is 86.4 cm³/mol. The van der Waals surface area contributed by atoms with Crippen LogP contribution in [0.4, 0.5) is 0 Å². The van der Waals surface area contributed by atoms with Crippen molar-refractivity contribution >= 4 is 22.4 Å². The summed E-state index contributed by atoms with van der Waals surface area (Å²) in [6.45, 7) is 0.510. The molecule has 106 valence electrons. The number of rotatable bonds is 6. The van der Waals surface area contributed by atoms with Crippen molar-refractivity contribution in [1.82, 2.24) is 0 Å². The lowest BCUT2D eigenvalue weighted by Crippen LogP contribution is -2.19. The maximum Gasteiger partial charge on any atom is 0.0485 e. The minimum absolute atomic E-state index is 0.143. The minimum atomic E-state index is -0.931. The molecule has 2 N–H and O–H groups in total. The fourth-order valence-corrected chi connectivity index (χ4v) is 3.66. The van der Waals surface area contributed by atoms with Crippen LogP contribution in [0.5, 0.6) is 0 Å². The van der Waals surface area contributed by atoms with E-state index in [1.165, 1.54) is 0 Å². The Morgan fingerprint density at radius 1 is 1.05 bits per heavy atom. The van der Waals surface area contributed by atoms with Crippen molar-refractivity contribution in [3.05, 3.63) is 70.7 Å². The van der Waals surface area contributed by atoms with Crippen molar-refractivity contribution in [3.63, 3.8) is 0 Å². The average Bonchev–Trinajstić information content (AvgIpc) is 2.48. The number of halogens is 1. The zero-order valence-corrected chi connectivity index (χ0v) is 12.7. The third kappa shape index (κ3) is 4.44. The molecule has 0 fully saturated rings. The summed E-state index contributed by atoms with van der Waals surface area (Å²) in [5, 5.41) is 0.698. The third-order valence-corrected chi connectivity index (χ3v) is 4.86. The molecule has 2 atom stereocenters. The molecule has 2 rings (SSSR count). The van der Waals surface area contributed by atoms with Crippen LogP contribution in [0.2, 0.25) is 5.02 Å². The SMILES string of the molecule is NCC(CS(=O)Cc1ccc(Cl)cc1)c1ccccc1. The molecule has 0 heterocycles. The average molecular weight is 308 g/mol. The topological polar surface area (TPSA) is 43.1 Å². The largest absolute Gasteiger partial charge is 0.330 e. The molecule has 0 radical (unpaired) electrons. The van der Waals surface area contributed by atoms with E-state index in [4.69, 9.17) is 17.3 Å². The smallest absolute Gasteiger partial charge is 0.0485 e. The second-order valence-corrected chi connectivity index (χ2v) is 6.66. The first-order valence-electron chi connectivity index (χ1n) is 6.53. The van der Waals surface area contributed by atoms with E-state index in [1.807, 2.05) is 54.6 Å². The van der Waals surface area contributed by atoms with Crippen LogP contribution in [0.25, 0.3) is 0 Å². The van der Waals surface area contributed by atoms with Crippen molar-refractivity contribution in [3.8, 4) is 0 Å². The number of hydrogen-bond donors (Lipinski definition) is 1. The lowest BCUT2D eigenvalue weighted by atomic mass is 10.0. The van der Waals surface area contributed by atoms with Gasteiger partial charge < -0.3 is 5.73 Å². The highest BCUT2D eigenvalue weighted by Crippen LogP contribution is 2.17. The Morgan fingerprint density at radius 2 is 1.70 bits per heavy atom. The first-order valence-corrected chi connectivity index (χ1v) is 8.40. The van der Waals surface area contributed by atoms with E-state index >= 15 is 0 Å². The molecule has 0 aliphatic heterocycles. The summed E-state index contributed by atoms with van der Waals surface area (Å²) in [4.78, 5) is 0. The summed E-state index contributed by atoms with van der Waals surface area (Å²) in [5.74, 6) is 1.27. The summed E-state index contributed by atoms with van der Waals surface area (Å²) < 4.78 is 12.3. The van der Waals surface area contributed by atoms with E-state index in [9.17, 15) is 4.21 Å². The minimum Gasteiger partial charge on any atom is -0.330 e. The summed E-state index contributed by atoms with van der Waals surface area (Å²) in [6.07, 6.45) is 0. The van der Waals surface area contributed by atoms with Gasteiger partial charge in [-0.1, -0.05) is 54.1 Å². The van der Waals surface area contributed by atoms with Crippen LogP contribution in [-0.4, -0.2) is 16.5 Å². The van der Waals surface area contributed by atoms with Crippen molar-refractivity contribution in [2.24, 2.45) is 5.73 Å². The molecule has 0 aliphatic carbocycles. The molecule has 4 heteroatoms. The van der Waals surface area contributed by atoms with Gasteiger partial charge in [0.05, 0.1) is 0 Å². The van der Waals surface area contributed by atoms with E-state index in [0.29, 0.717) is 23.1 Å². The summed E-state index contributed by atoms with van der Waals surface area (Å²) >= 11 is 5.84. The van der Waals surface area contributed by atoms with Gasteiger partial charge in [-0.15, -0.1) is 0 Å². The van der Waals surface area contributed by atoms with E-state index in [0.717, 1.165) is 11.1 Å². The van der Waals surface area contributed by atoms with Crippen molar-refractivity contribution < 1.29 is 4.21 Å². The fourth-order valence-electron chi connectivity index (χ4n) is 2.08. The van der Waals surface area contributed by atoms with Crippen molar-refractivity contribution in [2.45, 2.75) is 11.7 Å². The van der Waals surface area contributed by atoms with Gasteiger partial charge in [0.2, 0.25) is 0 Å². The monoisotopic (exact) mass is 307 g/mol. The van der Waals surface area contributed by atoms with Gasteiger partial charge in [0.15, 0.2) is 0 Å². The predicted octanol–water partition coefficient (Wildman–Crippen LogP) is 3.33. The van der Waals surface area contributed by atoms with E-state index in [-0.39, 0.29) is 5.92 Å². The Labute approximate surface area is 127 Å². The van der Waals surface area contributed by atoms with Crippen molar-refractivity contribution in [2.75, 3.05) is 12.3 Å². The van der Waals surface area contributed by atoms with E-state index < -0.39 is 10.8 Å². The van der Waals surface area contributed by atoms with Crippen LogP contribution in [-0.2, 0) is 16.6 Å². The van der Waals surface area contributed by atoms with Crippen molar-refractivity contribution in [1.29, 1.82) is 0 Å². The molecule has 0 saturated carbocycles. The highest BCUT2D eigenvalue weighted by Gasteiger charge is 2.13. The first kappa shape index (κ1) is 15.2. The van der Waals surface area contributed by atoms with Gasteiger partial charge in [-0.3, -0.25) is 4.21 Å². The molecule has 0 bridgehead atoms. The van der Waals surface area contributed by atoms with Crippen LogP contribution >= 0.6 is 11.6 Å². The Morgan fingerprint density at radius 3 is 2.30 bits per heavy atom. The molecule has 0 aliphatic rings. The number of nitrogens with two attached hydrogens (primary N) is 1. The third-order valence-electron chi connectivity index (χ3n) is 3.18. The van der Waals surface area contributed by atoms with Crippen LogP contribution < -0.4 is 5.73 Å². The Bertz CT molecular complexity index is 556. The van der Waals surface area contributed by atoms with Gasteiger partial charge in [-0.25, -0.2) is 0 Å². The normalized spacial score (nSPS) is 13.9. The number of benzene rings is 2. The van der Waals surface area contributed by atoms with Crippen LogP contribution in [0.15, 0.2) is 54.6 Å². The van der Waals surface area contributed by atoms with Gasteiger partial charge in [-0.2, -0.15) is 0 Å². The number of hydrogen-bond acceptors (Lipinski definition) is 2. The highest BCUT2D eigenvalue weighted by atomic mass is 35.5. The highest BCUT2D eigenvalue weighted by molar-refractivity contribution is 7.84. The van der Waals surface area contributed by atoms with Crippen LogP contribution in [0, 0.1) is 0 Å². The summed E-state index contributed by atoms with van der Waals surface area (Å²) in [7, 11) is -0.931. The molecular formula is C16H18ClNOS. The lowest BCUT2D eigenvalue weighted by Gasteiger charge is -2.14. The molecule has 20 heavy (non-hydrogen) atoms. The lowest BCUT2D eigenvalue weighted by molar-refractivity contribution is 0.672. The van der Waals surface area contributed by atoms with Gasteiger partial charge in [-0.05, 0) is 23.3 Å². The van der Waals surface area contributed by atoms with E-state index in [2.05, 4.69) is 0 Å². The first-order chi connectivity index (χ1) is 9.69. The zero-order chi connectivity index (χ0) is 14.4. The standard InChI is InChI=1S/C16H18ClNOS/c17-16-8-6-13(7-9-16)11-20(19)12-15(10-18)14-4-2-1-3-5-14/h1-9,15H,10-12,18H2. The Balaban J connectivity index is 1.97. The fraction of sp³-hybridized carbons (Fsp3) is 0.250. The molecule has 0 spiro atoms. The van der Waals surface area contributed by atoms with Gasteiger partial charge in [0, 0.05) is 39.8 Å². The van der Waals surface area contributed by atoms with Gasteiger partial charge >= 0.3 is 0 Å². The Kier molecular flexibility index (Phi) is 5.77.